The van der Waals surface area contributed by atoms with Gasteiger partial charge in [0, 0.05) is 30.2 Å². The monoisotopic (exact) mass is 453 g/mol. The molecule has 2 aromatic heterocycles. The largest absolute Gasteiger partial charge is 0.393 e. The number of hydrogen-bond donors (Lipinski definition) is 3. The fraction of sp³-hybridized carbons (Fsp3) is 0.476. The average Bonchev–Trinajstić information content (AvgIpc) is 3.40. The van der Waals surface area contributed by atoms with Crippen molar-refractivity contribution >= 4 is 28.7 Å². The van der Waals surface area contributed by atoms with Crippen molar-refractivity contribution in [2.45, 2.75) is 50.2 Å². The Kier molecular flexibility index (Phi) is 4.22. The highest BCUT2D eigenvalue weighted by Crippen LogP contribution is 2.32. The zero-order chi connectivity index (χ0) is 26.8. The lowest BCUT2D eigenvalue weighted by Crippen LogP contribution is -2.29. The minimum atomic E-state index is -2.38. The molecule has 1 saturated heterocycles. The molecule has 0 bridgehead atoms. The van der Waals surface area contributed by atoms with Crippen molar-refractivity contribution in [3.63, 3.8) is 0 Å². The number of nitrogens with one attached hydrogen (secondary N) is 2. The van der Waals surface area contributed by atoms with Crippen LogP contribution in [-0.2, 0) is 4.74 Å². The maximum Gasteiger partial charge on any atom is 0.224 e. The second-order valence-corrected chi connectivity index (χ2v) is 7.49. The lowest BCUT2D eigenvalue weighted by molar-refractivity contribution is 0.126. The van der Waals surface area contributed by atoms with Crippen molar-refractivity contribution in [3.05, 3.63) is 35.8 Å². The molecule has 1 unspecified atom stereocenters. The summed E-state index contributed by atoms with van der Waals surface area (Å²) in [5.41, 5.74) is -0.172. The van der Waals surface area contributed by atoms with Crippen molar-refractivity contribution in [2.24, 2.45) is 0 Å². The molecule has 3 heterocycles. The standard InChI is InChI=1S/C21H23F3N6O2/c22-11-7-15(23)18(16(24)8-11)28-21-27-17-9-25-20(26-12-1-3-14(31)4-2-12)29-19(17)30(21)13-5-6-32-10-13/h7-9,12-14,31H,1-6,10H2,(H,27,28)(H,25,26,29)/i3D2,4D2,12D. The summed E-state index contributed by atoms with van der Waals surface area (Å²) in [4.78, 5) is 12.9. The quantitative estimate of drug-likeness (QED) is 0.542. The van der Waals surface area contributed by atoms with Gasteiger partial charge < -0.3 is 20.5 Å². The summed E-state index contributed by atoms with van der Waals surface area (Å²) in [7, 11) is 0. The van der Waals surface area contributed by atoms with E-state index in [1.807, 2.05) is 0 Å². The zero-order valence-electron chi connectivity index (χ0n) is 21.7. The molecule has 1 aliphatic carbocycles. The molecule has 11 heteroatoms. The number of anilines is 3. The number of halogens is 3. The Bertz CT molecular complexity index is 1310. The smallest absolute Gasteiger partial charge is 0.224 e. The highest BCUT2D eigenvalue weighted by atomic mass is 19.1. The molecule has 1 atom stereocenters. The van der Waals surface area contributed by atoms with Crippen LogP contribution in [0.3, 0.4) is 0 Å². The Hall–Kier alpha value is -2.92. The molecule has 1 aromatic carbocycles. The number of ether oxygens (including phenoxy) is 1. The van der Waals surface area contributed by atoms with Gasteiger partial charge in [-0.15, -0.1) is 0 Å². The molecular formula is C21H23F3N6O2. The van der Waals surface area contributed by atoms with Gasteiger partial charge in [0.05, 0.1) is 26.3 Å². The van der Waals surface area contributed by atoms with E-state index < -0.39 is 60.8 Å². The van der Waals surface area contributed by atoms with Crippen LogP contribution in [0.5, 0.6) is 0 Å². The lowest BCUT2D eigenvalue weighted by atomic mass is 9.93. The van der Waals surface area contributed by atoms with Gasteiger partial charge in [-0.25, -0.2) is 23.1 Å². The average molecular weight is 453 g/mol. The van der Waals surface area contributed by atoms with Gasteiger partial charge in [0.2, 0.25) is 11.9 Å². The fourth-order valence-corrected chi connectivity index (χ4v) is 3.71. The molecule has 32 heavy (non-hydrogen) atoms. The number of benzene rings is 1. The van der Waals surface area contributed by atoms with Crippen LogP contribution in [0.25, 0.3) is 11.2 Å². The Balaban J connectivity index is 1.53. The van der Waals surface area contributed by atoms with E-state index in [2.05, 4.69) is 25.6 Å². The maximum atomic E-state index is 14.3. The number of aliphatic hydroxyl groups excluding tert-OH is 1. The van der Waals surface area contributed by atoms with E-state index in [0.717, 1.165) is 0 Å². The van der Waals surface area contributed by atoms with Gasteiger partial charge in [-0.3, -0.25) is 4.57 Å². The van der Waals surface area contributed by atoms with Crippen molar-refractivity contribution in [3.8, 4) is 0 Å². The molecule has 1 aliphatic heterocycles. The van der Waals surface area contributed by atoms with Crippen LogP contribution in [0.4, 0.5) is 30.8 Å². The summed E-state index contributed by atoms with van der Waals surface area (Å²) >= 11 is 0. The first-order valence-corrected chi connectivity index (χ1v) is 9.99. The number of aromatic nitrogens is 4. The van der Waals surface area contributed by atoms with E-state index in [-0.39, 0.29) is 35.7 Å². The number of rotatable bonds is 5. The molecule has 0 amide bonds. The van der Waals surface area contributed by atoms with E-state index in [1.54, 1.807) is 4.57 Å². The Labute approximate surface area is 188 Å². The Morgan fingerprint density at radius 3 is 2.59 bits per heavy atom. The summed E-state index contributed by atoms with van der Waals surface area (Å²) in [5.74, 6) is -3.53. The second-order valence-electron chi connectivity index (χ2n) is 7.49. The first kappa shape index (κ1) is 15.8. The predicted octanol–water partition coefficient (Wildman–Crippen LogP) is 3.66. The van der Waals surface area contributed by atoms with Crippen LogP contribution >= 0.6 is 0 Å². The summed E-state index contributed by atoms with van der Waals surface area (Å²) in [6.07, 6.45) is -5.92. The van der Waals surface area contributed by atoms with Crippen LogP contribution in [0.2, 0.25) is 0 Å². The van der Waals surface area contributed by atoms with Crippen molar-refractivity contribution in [1.82, 2.24) is 19.5 Å². The minimum Gasteiger partial charge on any atom is -0.393 e. The topological polar surface area (TPSA) is 97.1 Å². The maximum absolute atomic E-state index is 14.3. The molecule has 2 fully saturated rings. The van der Waals surface area contributed by atoms with Crippen LogP contribution in [0.15, 0.2) is 18.3 Å². The van der Waals surface area contributed by atoms with Crippen molar-refractivity contribution in [1.29, 1.82) is 0 Å². The molecule has 8 nitrogen and oxygen atoms in total. The molecule has 0 spiro atoms. The summed E-state index contributed by atoms with van der Waals surface area (Å²) in [6, 6.07) is -1.15. The molecule has 3 N–H and O–H groups in total. The molecular weight excluding hydrogens is 425 g/mol. The zero-order valence-corrected chi connectivity index (χ0v) is 16.7. The number of nitrogens with zero attached hydrogens (tertiary/aromatic N) is 4. The van der Waals surface area contributed by atoms with Gasteiger partial charge in [-0.2, -0.15) is 4.98 Å². The van der Waals surface area contributed by atoms with Gasteiger partial charge >= 0.3 is 0 Å². The van der Waals surface area contributed by atoms with Crippen molar-refractivity contribution < 1.29 is 29.9 Å². The van der Waals surface area contributed by atoms with Gasteiger partial charge in [0.1, 0.15) is 17.0 Å². The molecule has 2 aliphatic rings. The molecule has 0 radical (unpaired) electrons. The third kappa shape index (κ3) is 4.09. The van der Waals surface area contributed by atoms with Crippen LogP contribution in [0.1, 0.15) is 44.9 Å². The molecule has 1 saturated carbocycles. The number of imidazole rings is 1. The van der Waals surface area contributed by atoms with Crippen LogP contribution < -0.4 is 10.6 Å². The number of hydrogen-bond acceptors (Lipinski definition) is 7. The highest BCUT2D eigenvalue weighted by Gasteiger charge is 2.27. The molecule has 3 aromatic rings. The van der Waals surface area contributed by atoms with Crippen LogP contribution in [0, 0.1) is 17.5 Å². The third-order valence-corrected chi connectivity index (χ3v) is 5.25. The van der Waals surface area contributed by atoms with Crippen LogP contribution in [-0.4, -0.2) is 50.0 Å². The Morgan fingerprint density at radius 2 is 1.91 bits per heavy atom. The van der Waals surface area contributed by atoms with Gasteiger partial charge in [0.15, 0.2) is 17.3 Å². The van der Waals surface area contributed by atoms with Gasteiger partial charge in [-0.05, 0) is 32.0 Å². The lowest BCUT2D eigenvalue weighted by Gasteiger charge is -2.26. The summed E-state index contributed by atoms with van der Waals surface area (Å²) < 4.78 is 89.7. The van der Waals surface area contributed by atoms with Crippen molar-refractivity contribution in [2.75, 3.05) is 23.8 Å². The van der Waals surface area contributed by atoms with Gasteiger partial charge in [-0.1, -0.05) is 0 Å². The minimum absolute atomic E-state index is 0.00426. The molecule has 5 rings (SSSR count). The SMILES string of the molecule is [2H]C1(Nc2ncc3nc(Nc4c(F)cc(F)cc4F)n(C4CCOC4)c3n2)CC([2H])([2H])C(O)C([2H])([2H])C1. The first-order valence-electron chi connectivity index (χ1n) is 12.5. The summed E-state index contributed by atoms with van der Waals surface area (Å²) in [6.45, 7) is 0.670. The third-order valence-electron chi connectivity index (χ3n) is 5.25. The van der Waals surface area contributed by atoms with E-state index >= 15 is 0 Å². The van der Waals surface area contributed by atoms with E-state index in [9.17, 15) is 18.3 Å². The van der Waals surface area contributed by atoms with E-state index in [4.69, 9.17) is 11.6 Å². The Morgan fingerprint density at radius 1 is 1.16 bits per heavy atom. The number of fused-ring (bicyclic) bond motifs is 1. The van der Waals surface area contributed by atoms with E-state index in [0.29, 0.717) is 25.2 Å². The predicted molar refractivity (Wildman–Crippen MR) is 111 cm³/mol. The second kappa shape index (κ2) is 8.55. The first-order chi connectivity index (χ1) is 17.3. The van der Waals surface area contributed by atoms with Gasteiger partial charge in [0.25, 0.3) is 0 Å². The number of aliphatic hydroxyl groups is 1. The highest BCUT2D eigenvalue weighted by molar-refractivity contribution is 5.76. The normalized spacial score (nSPS) is 31.3. The summed E-state index contributed by atoms with van der Waals surface area (Å²) in [5, 5.41) is 15.3. The molecule has 170 valence electrons. The van der Waals surface area contributed by atoms with E-state index in [1.165, 1.54) is 6.20 Å². The fourth-order valence-electron chi connectivity index (χ4n) is 3.71.